The summed E-state index contributed by atoms with van der Waals surface area (Å²) in [7, 11) is 1.62. The lowest BCUT2D eigenvalue weighted by atomic mass is 10.1. The summed E-state index contributed by atoms with van der Waals surface area (Å²) in [5.41, 5.74) is 2.53. The molecular weight excluding hydrogens is 330 g/mol. The third kappa shape index (κ3) is 3.02. The van der Waals surface area contributed by atoms with E-state index in [0.29, 0.717) is 17.5 Å². The van der Waals surface area contributed by atoms with E-state index in [2.05, 4.69) is 20.6 Å². The normalized spacial score (nSPS) is 10.7. The van der Waals surface area contributed by atoms with E-state index in [0.717, 1.165) is 22.8 Å². The van der Waals surface area contributed by atoms with Gasteiger partial charge in [0.15, 0.2) is 5.82 Å². The Morgan fingerprint density at radius 2 is 1.92 bits per heavy atom. The van der Waals surface area contributed by atoms with Gasteiger partial charge in [0.2, 0.25) is 0 Å². The summed E-state index contributed by atoms with van der Waals surface area (Å²) in [4.78, 5) is 4.33. The number of benzene rings is 2. The summed E-state index contributed by atoms with van der Waals surface area (Å²) in [6.45, 7) is 1.78. The van der Waals surface area contributed by atoms with Gasteiger partial charge >= 0.3 is 0 Å². The van der Waals surface area contributed by atoms with Gasteiger partial charge in [0.1, 0.15) is 11.6 Å². The Morgan fingerprint density at radius 3 is 2.65 bits per heavy atom. The Kier molecular flexibility index (Phi) is 4.10. The fourth-order valence-corrected chi connectivity index (χ4v) is 2.65. The first-order chi connectivity index (χ1) is 12.7. The molecular formula is C19H17N5O2. The third-order valence-electron chi connectivity index (χ3n) is 3.89. The number of para-hydroxylation sites is 1. The van der Waals surface area contributed by atoms with Crippen LogP contribution in [0.2, 0.25) is 0 Å². The second-order valence-corrected chi connectivity index (χ2v) is 5.65. The molecule has 0 saturated carbocycles. The average Bonchev–Trinajstić information content (AvgIpc) is 3.32. The van der Waals surface area contributed by atoms with Gasteiger partial charge in [0.25, 0.3) is 5.89 Å². The number of rotatable bonds is 5. The maximum atomic E-state index is 5.35. The summed E-state index contributed by atoms with van der Waals surface area (Å²) in [5, 5.41) is 11.7. The number of aryl methyl sites for hydroxylation is 1. The molecule has 130 valence electrons. The molecule has 0 atom stereocenters. The zero-order valence-electron chi connectivity index (χ0n) is 14.4. The van der Waals surface area contributed by atoms with E-state index in [-0.39, 0.29) is 0 Å². The second kappa shape index (κ2) is 6.72. The van der Waals surface area contributed by atoms with Gasteiger partial charge < -0.3 is 14.6 Å². The third-order valence-corrected chi connectivity index (χ3v) is 3.89. The quantitative estimate of drug-likeness (QED) is 0.588. The Balaban J connectivity index is 1.75. The maximum Gasteiger partial charge on any atom is 0.260 e. The van der Waals surface area contributed by atoms with Crippen molar-refractivity contribution >= 4 is 11.5 Å². The van der Waals surface area contributed by atoms with Crippen LogP contribution in [0, 0.1) is 6.92 Å². The molecule has 1 N–H and O–H groups in total. The molecule has 7 nitrogen and oxygen atoms in total. The van der Waals surface area contributed by atoms with Gasteiger partial charge in [-0.3, -0.25) is 0 Å². The highest BCUT2D eigenvalue weighted by Gasteiger charge is 2.15. The van der Waals surface area contributed by atoms with Gasteiger partial charge in [-0.2, -0.15) is 10.1 Å². The molecule has 0 amide bonds. The van der Waals surface area contributed by atoms with Gasteiger partial charge in [-0.05, 0) is 37.3 Å². The number of methoxy groups -OCH3 is 1. The highest BCUT2D eigenvalue weighted by molar-refractivity contribution is 5.77. The number of hydrogen-bond donors (Lipinski definition) is 1. The van der Waals surface area contributed by atoms with Crippen molar-refractivity contribution in [1.29, 1.82) is 0 Å². The lowest BCUT2D eigenvalue weighted by Crippen LogP contribution is -2.03. The van der Waals surface area contributed by atoms with Crippen molar-refractivity contribution in [2.24, 2.45) is 0 Å². The fraction of sp³-hybridized carbons (Fsp3) is 0.105. The molecule has 4 rings (SSSR count). The standard InChI is InChI=1S/C19H17N5O2/c1-13-21-19(26-23-13)16-12-15(25-2)8-9-17(16)22-18-10-11-20-24(18)14-6-4-3-5-7-14/h3-12,22H,1-2H3. The van der Waals surface area contributed by atoms with Crippen LogP contribution in [-0.4, -0.2) is 27.0 Å². The number of aromatic nitrogens is 4. The van der Waals surface area contributed by atoms with Crippen molar-refractivity contribution in [2.45, 2.75) is 6.92 Å². The molecule has 4 aromatic rings. The van der Waals surface area contributed by atoms with Gasteiger partial charge in [0, 0.05) is 6.07 Å². The van der Waals surface area contributed by atoms with Crippen LogP contribution in [0.1, 0.15) is 5.82 Å². The van der Waals surface area contributed by atoms with E-state index in [1.807, 2.05) is 59.3 Å². The van der Waals surface area contributed by atoms with Crippen LogP contribution < -0.4 is 10.1 Å². The number of hydrogen-bond acceptors (Lipinski definition) is 6. The van der Waals surface area contributed by atoms with E-state index < -0.39 is 0 Å². The molecule has 2 aromatic heterocycles. The van der Waals surface area contributed by atoms with Crippen LogP contribution in [0.15, 0.2) is 65.3 Å². The van der Waals surface area contributed by atoms with Crippen LogP contribution in [0.5, 0.6) is 5.75 Å². The lowest BCUT2D eigenvalue weighted by molar-refractivity contribution is 0.412. The molecule has 26 heavy (non-hydrogen) atoms. The lowest BCUT2D eigenvalue weighted by Gasteiger charge is -2.13. The number of ether oxygens (including phenoxy) is 1. The summed E-state index contributed by atoms with van der Waals surface area (Å²) < 4.78 is 12.5. The fourth-order valence-electron chi connectivity index (χ4n) is 2.65. The predicted octanol–water partition coefficient (Wildman–Crippen LogP) is 3.98. The van der Waals surface area contributed by atoms with Crippen LogP contribution in [0.4, 0.5) is 11.5 Å². The molecule has 0 unspecified atom stereocenters. The number of nitrogens with one attached hydrogen (secondary N) is 1. The molecule has 2 heterocycles. The molecule has 2 aromatic carbocycles. The van der Waals surface area contributed by atoms with E-state index in [9.17, 15) is 0 Å². The van der Waals surface area contributed by atoms with E-state index in [4.69, 9.17) is 9.26 Å². The maximum absolute atomic E-state index is 5.35. The minimum Gasteiger partial charge on any atom is -0.497 e. The Hall–Kier alpha value is -3.61. The summed E-state index contributed by atoms with van der Waals surface area (Å²) in [5.74, 6) is 2.52. The second-order valence-electron chi connectivity index (χ2n) is 5.65. The summed E-state index contributed by atoms with van der Waals surface area (Å²) in [6.07, 6.45) is 1.75. The van der Waals surface area contributed by atoms with Gasteiger partial charge in [0.05, 0.1) is 30.2 Å². The Bertz CT molecular complexity index is 1020. The Morgan fingerprint density at radius 1 is 1.08 bits per heavy atom. The van der Waals surface area contributed by atoms with Gasteiger partial charge in [-0.25, -0.2) is 4.68 Å². The molecule has 0 aliphatic rings. The molecule has 0 aliphatic heterocycles. The van der Waals surface area contributed by atoms with Crippen LogP contribution in [0.3, 0.4) is 0 Å². The van der Waals surface area contributed by atoms with Crippen LogP contribution in [-0.2, 0) is 0 Å². The first-order valence-electron chi connectivity index (χ1n) is 8.10. The highest BCUT2D eigenvalue weighted by Crippen LogP contribution is 2.33. The zero-order valence-corrected chi connectivity index (χ0v) is 14.4. The number of nitrogens with zero attached hydrogens (tertiary/aromatic N) is 4. The predicted molar refractivity (Wildman–Crippen MR) is 97.9 cm³/mol. The summed E-state index contributed by atoms with van der Waals surface area (Å²) >= 11 is 0. The molecule has 0 spiro atoms. The first-order valence-corrected chi connectivity index (χ1v) is 8.10. The molecule has 7 heteroatoms. The summed E-state index contributed by atoms with van der Waals surface area (Å²) in [6, 6.07) is 17.5. The van der Waals surface area contributed by atoms with Gasteiger partial charge in [-0.15, -0.1) is 0 Å². The van der Waals surface area contributed by atoms with Crippen molar-refractivity contribution in [1.82, 2.24) is 19.9 Å². The molecule has 0 bridgehead atoms. The minimum atomic E-state index is 0.426. The minimum absolute atomic E-state index is 0.426. The number of anilines is 2. The topological polar surface area (TPSA) is 78.0 Å². The Labute approximate surface area is 150 Å². The van der Waals surface area contributed by atoms with E-state index >= 15 is 0 Å². The smallest absolute Gasteiger partial charge is 0.260 e. The van der Waals surface area contributed by atoms with Crippen LogP contribution >= 0.6 is 0 Å². The van der Waals surface area contributed by atoms with Crippen LogP contribution in [0.25, 0.3) is 17.1 Å². The largest absolute Gasteiger partial charge is 0.497 e. The van der Waals surface area contributed by atoms with Crippen molar-refractivity contribution in [3.05, 3.63) is 66.6 Å². The average molecular weight is 347 g/mol. The van der Waals surface area contributed by atoms with E-state index in [1.54, 1.807) is 20.2 Å². The van der Waals surface area contributed by atoms with Crippen molar-refractivity contribution in [3.8, 4) is 22.9 Å². The first kappa shape index (κ1) is 15.9. The van der Waals surface area contributed by atoms with Crippen molar-refractivity contribution in [3.63, 3.8) is 0 Å². The van der Waals surface area contributed by atoms with Crippen molar-refractivity contribution < 1.29 is 9.26 Å². The SMILES string of the molecule is COc1ccc(Nc2ccnn2-c2ccccc2)c(-c2nc(C)no2)c1. The molecule has 0 fully saturated rings. The van der Waals surface area contributed by atoms with Gasteiger partial charge in [-0.1, -0.05) is 23.4 Å². The zero-order chi connectivity index (χ0) is 17.9. The van der Waals surface area contributed by atoms with E-state index in [1.165, 1.54) is 0 Å². The highest BCUT2D eigenvalue weighted by atomic mass is 16.5. The monoisotopic (exact) mass is 347 g/mol. The molecule has 0 saturated heterocycles. The molecule has 0 radical (unpaired) electrons. The molecule has 0 aliphatic carbocycles. The van der Waals surface area contributed by atoms with Crippen molar-refractivity contribution in [2.75, 3.05) is 12.4 Å².